The number of rotatable bonds is 9. The second-order valence-electron chi connectivity index (χ2n) is 20.5. The van der Waals surface area contributed by atoms with Gasteiger partial charge in [-0.1, -0.05) is 34.6 Å². The molecule has 3 N–H and O–H groups in total. The predicted molar refractivity (Wildman–Crippen MR) is 191 cm³/mol. The molecule has 50 heavy (non-hydrogen) atoms. The highest BCUT2D eigenvalue weighted by Crippen LogP contribution is 2.89. The standard InChI is InChI=1S/C41H70N2O7/c1-25-19-27(34(44)37(4,5)46)49-33-32(25)38(6)13-14-41-24-40(41)12-11-30(36(2,3)28(40)9-10-29(41)39(38,7)35(33)45)50-31-23-43(16-18-48-31)22-26-20-42(21-26)15-17-47-8/h25-35,44-46H,9-24H2,1-8H3/t25-,27?,28+,29?,30+,31+,32+,33?,34+,35+,38-,39-,40?,41+/m1/s1. The highest BCUT2D eigenvalue weighted by molar-refractivity contribution is 5.33. The first-order chi connectivity index (χ1) is 23.5. The van der Waals surface area contributed by atoms with Crippen LogP contribution in [-0.4, -0.2) is 127 Å². The van der Waals surface area contributed by atoms with Crippen LogP contribution < -0.4 is 0 Å². The minimum absolute atomic E-state index is 0.0184. The van der Waals surface area contributed by atoms with Crippen LogP contribution >= 0.6 is 0 Å². The van der Waals surface area contributed by atoms with Crippen LogP contribution in [0.3, 0.4) is 0 Å². The fraction of sp³-hybridized carbons (Fsp3) is 1.00. The van der Waals surface area contributed by atoms with Gasteiger partial charge in [-0.05, 0) is 116 Å². The van der Waals surface area contributed by atoms with E-state index in [0.29, 0.717) is 23.2 Å². The van der Waals surface area contributed by atoms with E-state index < -0.39 is 23.9 Å². The second kappa shape index (κ2) is 12.3. The maximum Gasteiger partial charge on any atom is 0.170 e. The van der Waals surface area contributed by atoms with Crippen LogP contribution in [0.2, 0.25) is 0 Å². The zero-order chi connectivity index (χ0) is 35.6. The highest BCUT2D eigenvalue weighted by Gasteiger charge is 2.84. The smallest absolute Gasteiger partial charge is 0.170 e. The third-order valence-electron chi connectivity index (χ3n) is 17.4. The minimum Gasteiger partial charge on any atom is -0.390 e. The van der Waals surface area contributed by atoms with E-state index in [2.05, 4.69) is 44.4 Å². The number of nitrogens with zero attached hydrogens (tertiary/aromatic N) is 2. The Morgan fingerprint density at radius 3 is 2.40 bits per heavy atom. The zero-order valence-electron chi connectivity index (χ0n) is 32.5. The van der Waals surface area contributed by atoms with Crippen LogP contribution in [0.5, 0.6) is 0 Å². The molecule has 9 nitrogen and oxygen atoms in total. The summed E-state index contributed by atoms with van der Waals surface area (Å²) in [5.41, 5.74) is -0.817. The molecule has 8 fully saturated rings. The van der Waals surface area contributed by atoms with Gasteiger partial charge in [0.15, 0.2) is 6.29 Å². The molecule has 4 unspecified atom stereocenters. The largest absolute Gasteiger partial charge is 0.390 e. The van der Waals surface area contributed by atoms with Gasteiger partial charge in [0.05, 0.1) is 43.2 Å². The van der Waals surface area contributed by atoms with Crippen molar-refractivity contribution in [2.24, 2.45) is 56.7 Å². The number of morpholine rings is 1. The Morgan fingerprint density at radius 2 is 1.68 bits per heavy atom. The van der Waals surface area contributed by atoms with Gasteiger partial charge in [0.2, 0.25) is 0 Å². The van der Waals surface area contributed by atoms with Crippen LogP contribution in [0.15, 0.2) is 0 Å². The molecule has 3 aliphatic heterocycles. The van der Waals surface area contributed by atoms with E-state index in [4.69, 9.17) is 18.9 Å². The molecule has 9 heteroatoms. The number of likely N-dealkylation sites (tertiary alicyclic amines) is 1. The monoisotopic (exact) mass is 703 g/mol. The minimum atomic E-state index is -1.25. The van der Waals surface area contributed by atoms with Crippen molar-refractivity contribution in [3.63, 3.8) is 0 Å². The molecular weight excluding hydrogens is 632 g/mol. The van der Waals surface area contributed by atoms with Crippen molar-refractivity contribution >= 4 is 0 Å². The van der Waals surface area contributed by atoms with Crippen LogP contribution in [-0.2, 0) is 18.9 Å². The summed E-state index contributed by atoms with van der Waals surface area (Å²) in [6.07, 6.45) is 6.82. The van der Waals surface area contributed by atoms with E-state index in [1.165, 1.54) is 38.8 Å². The van der Waals surface area contributed by atoms with Crippen molar-refractivity contribution in [2.75, 3.05) is 59.6 Å². The Kier molecular flexibility index (Phi) is 9.02. The quantitative estimate of drug-likeness (QED) is 0.319. The van der Waals surface area contributed by atoms with Gasteiger partial charge >= 0.3 is 0 Å². The summed E-state index contributed by atoms with van der Waals surface area (Å²) < 4.78 is 25.3. The van der Waals surface area contributed by atoms with Gasteiger partial charge in [0.1, 0.15) is 6.10 Å². The lowest BCUT2D eigenvalue weighted by atomic mass is 9.41. The third-order valence-corrected chi connectivity index (χ3v) is 17.4. The van der Waals surface area contributed by atoms with Gasteiger partial charge in [-0.2, -0.15) is 0 Å². The lowest BCUT2D eigenvalue weighted by Gasteiger charge is -2.64. The van der Waals surface area contributed by atoms with Gasteiger partial charge in [0, 0.05) is 51.8 Å². The molecule has 0 aromatic rings. The summed E-state index contributed by atoms with van der Waals surface area (Å²) in [6.45, 7) is 23.5. The fourth-order valence-corrected chi connectivity index (χ4v) is 14.9. The number of aliphatic hydroxyl groups is 3. The number of methoxy groups -OCH3 is 1. The molecule has 0 bridgehead atoms. The molecule has 8 aliphatic rings. The van der Waals surface area contributed by atoms with Crippen LogP contribution in [0, 0.1) is 56.7 Å². The lowest BCUT2D eigenvalue weighted by Crippen LogP contribution is -2.60. The summed E-state index contributed by atoms with van der Waals surface area (Å²) in [4.78, 5) is 5.07. The summed E-state index contributed by atoms with van der Waals surface area (Å²) in [7, 11) is 1.78. The maximum absolute atomic E-state index is 12.5. The molecule has 3 saturated heterocycles. The zero-order valence-corrected chi connectivity index (χ0v) is 32.5. The van der Waals surface area contributed by atoms with E-state index in [-0.39, 0.29) is 46.1 Å². The SMILES string of the molecule is COCCN1CC(CN2CCO[C@@H](O[C@H]3CCC45C[C@]46CC[C@]4(C)[C@@H]7C(OC([C@H](O)C(C)(C)O)C[C@H]7C)[C@H](O)[C@@]4(C)C6CC[C@H]5C3(C)C)C2)C1. The fourth-order valence-electron chi connectivity index (χ4n) is 14.9. The first kappa shape index (κ1) is 36.6. The molecule has 5 saturated carbocycles. The van der Waals surface area contributed by atoms with E-state index in [0.717, 1.165) is 71.0 Å². The van der Waals surface area contributed by atoms with Crippen molar-refractivity contribution in [1.29, 1.82) is 0 Å². The predicted octanol–water partition coefficient (Wildman–Crippen LogP) is 4.55. The highest BCUT2D eigenvalue weighted by atomic mass is 16.7. The normalized spacial score (nSPS) is 51.1. The first-order valence-electron chi connectivity index (χ1n) is 20.5. The summed E-state index contributed by atoms with van der Waals surface area (Å²) in [6, 6.07) is 0. The van der Waals surface area contributed by atoms with Crippen molar-refractivity contribution in [2.45, 2.75) is 142 Å². The molecule has 0 amide bonds. The molecule has 0 radical (unpaired) electrons. The van der Waals surface area contributed by atoms with Gasteiger partial charge in [-0.3, -0.25) is 4.90 Å². The molecular formula is C41H70N2O7. The molecule has 5 aliphatic carbocycles. The number of hydrogen-bond acceptors (Lipinski definition) is 9. The number of aliphatic hydroxyl groups excluding tert-OH is 2. The Labute approximate surface area is 302 Å². The van der Waals surface area contributed by atoms with Crippen LogP contribution in [0.1, 0.15) is 99.8 Å². The average molecular weight is 703 g/mol. The van der Waals surface area contributed by atoms with E-state index in [1.54, 1.807) is 21.0 Å². The Hall–Kier alpha value is -0.360. The van der Waals surface area contributed by atoms with Crippen LogP contribution in [0.25, 0.3) is 0 Å². The molecule has 3 heterocycles. The van der Waals surface area contributed by atoms with Crippen molar-refractivity contribution in [3.05, 3.63) is 0 Å². The Bertz CT molecular complexity index is 1270. The number of hydrogen-bond donors (Lipinski definition) is 3. The molecule has 8 rings (SSSR count). The van der Waals surface area contributed by atoms with Gasteiger partial charge in [-0.25, -0.2) is 0 Å². The maximum atomic E-state index is 12.5. The number of fused-ring (bicyclic) bond motifs is 4. The van der Waals surface area contributed by atoms with E-state index >= 15 is 0 Å². The van der Waals surface area contributed by atoms with Crippen LogP contribution in [0.4, 0.5) is 0 Å². The molecule has 0 aromatic heterocycles. The molecule has 14 atom stereocenters. The van der Waals surface area contributed by atoms with E-state index in [9.17, 15) is 15.3 Å². The number of ether oxygens (including phenoxy) is 4. The van der Waals surface area contributed by atoms with Gasteiger partial charge in [-0.15, -0.1) is 0 Å². The summed E-state index contributed by atoms with van der Waals surface area (Å²) in [5.74, 6) is 2.39. The van der Waals surface area contributed by atoms with Crippen molar-refractivity contribution in [1.82, 2.24) is 9.80 Å². The summed E-state index contributed by atoms with van der Waals surface area (Å²) >= 11 is 0. The summed E-state index contributed by atoms with van der Waals surface area (Å²) in [5, 5.41) is 34.2. The Balaban J connectivity index is 0.951. The lowest BCUT2D eigenvalue weighted by molar-refractivity contribution is -0.249. The molecule has 286 valence electrons. The molecule has 0 aromatic carbocycles. The third kappa shape index (κ3) is 5.17. The van der Waals surface area contributed by atoms with E-state index in [1.807, 2.05) is 0 Å². The second-order valence-corrected chi connectivity index (χ2v) is 20.5. The first-order valence-corrected chi connectivity index (χ1v) is 20.5. The van der Waals surface area contributed by atoms with Gasteiger partial charge in [0.25, 0.3) is 0 Å². The molecule has 2 spiro atoms. The van der Waals surface area contributed by atoms with Crippen molar-refractivity contribution < 1.29 is 34.3 Å². The topological polar surface area (TPSA) is 104 Å². The average Bonchev–Trinajstić information content (AvgIpc) is 3.67. The van der Waals surface area contributed by atoms with Crippen molar-refractivity contribution in [3.8, 4) is 0 Å². The Morgan fingerprint density at radius 1 is 0.960 bits per heavy atom. The van der Waals surface area contributed by atoms with Gasteiger partial charge < -0.3 is 39.2 Å².